The topological polar surface area (TPSA) is 70.1 Å². The molecule has 2 amide bonds. The van der Waals surface area contributed by atoms with Gasteiger partial charge in [0.1, 0.15) is 0 Å². The van der Waals surface area contributed by atoms with E-state index in [1.807, 2.05) is 23.1 Å². The van der Waals surface area contributed by atoms with Crippen LogP contribution in [0.3, 0.4) is 0 Å². The third-order valence-electron chi connectivity index (χ3n) is 5.48. The number of aliphatic hydroxyl groups excluding tert-OH is 1. The van der Waals surface area contributed by atoms with Crippen LogP contribution in [-0.4, -0.2) is 65.1 Å². The predicted molar refractivity (Wildman–Crippen MR) is 92.8 cm³/mol. The Morgan fingerprint density at radius 2 is 1.76 bits per heavy atom. The van der Waals surface area contributed by atoms with Crippen molar-refractivity contribution in [2.75, 3.05) is 32.8 Å². The molecule has 25 heavy (non-hydrogen) atoms. The standard InChI is InChI=1S/C19H26N2O4/c1-15(22)21-12-11-20(10-7-19(21)8-13-25-14-9-19)18(24)17(23)16-5-3-2-4-6-16/h2-6,17,23H,7-14H2,1H3/t17-/m1/s1. The van der Waals surface area contributed by atoms with Gasteiger partial charge in [-0.1, -0.05) is 30.3 Å². The van der Waals surface area contributed by atoms with Gasteiger partial charge in [-0.15, -0.1) is 0 Å². The molecule has 0 unspecified atom stereocenters. The van der Waals surface area contributed by atoms with E-state index in [0.717, 1.165) is 19.3 Å². The van der Waals surface area contributed by atoms with E-state index >= 15 is 0 Å². The largest absolute Gasteiger partial charge is 0.381 e. The Kier molecular flexibility index (Phi) is 5.39. The second kappa shape index (κ2) is 7.54. The lowest BCUT2D eigenvalue weighted by Gasteiger charge is -2.44. The summed E-state index contributed by atoms with van der Waals surface area (Å²) >= 11 is 0. The number of ether oxygens (including phenoxy) is 1. The lowest BCUT2D eigenvalue weighted by Crippen LogP contribution is -2.54. The van der Waals surface area contributed by atoms with Crippen molar-refractivity contribution in [3.05, 3.63) is 35.9 Å². The van der Waals surface area contributed by atoms with Crippen molar-refractivity contribution in [3.8, 4) is 0 Å². The number of carbonyl (C=O) groups is 2. The zero-order valence-electron chi connectivity index (χ0n) is 14.7. The molecule has 0 aromatic heterocycles. The Morgan fingerprint density at radius 1 is 1.08 bits per heavy atom. The SMILES string of the molecule is CC(=O)N1CCN(C(=O)[C@H](O)c2ccccc2)CCC12CCOCC2. The van der Waals surface area contributed by atoms with Crippen LogP contribution in [0.1, 0.15) is 37.9 Å². The number of hydrogen-bond donors (Lipinski definition) is 1. The minimum Gasteiger partial charge on any atom is -0.381 e. The van der Waals surface area contributed by atoms with Gasteiger partial charge in [0.05, 0.1) is 0 Å². The summed E-state index contributed by atoms with van der Waals surface area (Å²) in [6, 6.07) is 8.97. The molecule has 1 N–H and O–H groups in total. The average Bonchev–Trinajstić information content (AvgIpc) is 2.82. The summed E-state index contributed by atoms with van der Waals surface area (Å²) < 4.78 is 5.48. The van der Waals surface area contributed by atoms with Crippen molar-refractivity contribution in [2.45, 2.75) is 37.8 Å². The van der Waals surface area contributed by atoms with Crippen molar-refractivity contribution >= 4 is 11.8 Å². The zero-order valence-corrected chi connectivity index (χ0v) is 14.7. The fourth-order valence-electron chi connectivity index (χ4n) is 3.98. The first-order chi connectivity index (χ1) is 12.0. The van der Waals surface area contributed by atoms with E-state index in [4.69, 9.17) is 4.74 Å². The molecule has 1 aromatic carbocycles. The highest BCUT2D eigenvalue weighted by Crippen LogP contribution is 2.34. The first kappa shape index (κ1) is 17.9. The monoisotopic (exact) mass is 346 g/mol. The van der Waals surface area contributed by atoms with Crippen LogP contribution in [0.25, 0.3) is 0 Å². The van der Waals surface area contributed by atoms with Crippen LogP contribution in [0.5, 0.6) is 0 Å². The number of hydrogen-bond acceptors (Lipinski definition) is 4. The number of nitrogens with zero attached hydrogens (tertiary/aromatic N) is 2. The Labute approximate surface area is 148 Å². The zero-order chi connectivity index (χ0) is 17.9. The molecule has 1 aromatic rings. The minimum atomic E-state index is -1.16. The molecule has 3 rings (SSSR count). The van der Waals surface area contributed by atoms with Crippen molar-refractivity contribution in [3.63, 3.8) is 0 Å². The molecule has 2 aliphatic heterocycles. The van der Waals surface area contributed by atoms with Gasteiger partial charge in [0.2, 0.25) is 5.91 Å². The molecule has 6 heteroatoms. The molecule has 0 bridgehead atoms. The molecule has 2 saturated heterocycles. The van der Waals surface area contributed by atoms with Gasteiger partial charge >= 0.3 is 0 Å². The Hall–Kier alpha value is -1.92. The number of amides is 2. The lowest BCUT2D eigenvalue weighted by atomic mass is 9.84. The van der Waals surface area contributed by atoms with Crippen molar-refractivity contribution in [1.29, 1.82) is 0 Å². The van der Waals surface area contributed by atoms with Gasteiger partial charge in [0.25, 0.3) is 5.91 Å². The van der Waals surface area contributed by atoms with E-state index < -0.39 is 6.10 Å². The molecule has 2 heterocycles. The van der Waals surface area contributed by atoms with Gasteiger partial charge in [0.15, 0.2) is 6.10 Å². The lowest BCUT2D eigenvalue weighted by molar-refractivity contribution is -0.141. The predicted octanol–water partition coefficient (Wildman–Crippen LogP) is 1.35. The second-order valence-corrected chi connectivity index (χ2v) is 6.90. The summed E-state index contributed by atoms with van der Waals surface area (Å²) in [5, 5.41) is 10.4. The van der Waals surface area contributed by atoms with Crippen LogP contribution in [0.4, 0.5) is 0 Å². The molecule has 136 valence electrons. The Bertz CT molecular complexity index is 613. The van der Waals surface area contributed by atoms with Gasteiger partial charge in [0, 0.05) is 45.3 Å². The molecule has 0 saturated carbocycles. The van der Waals surface area contributed by atoms with Crippen molar-refractivity contribution in [2.24, 2.45) is 0 Å². The third kappa shape index (κ3) is 3.70. The molecule has 0 aliphatic carbocycles. The van der Waals surface area contributed by atoms with Gasteiger partial charge in [-0.05, 0) is 24.8 Å². The average molecular weight is 346 g/mol. The Morgan fingerprint density at radius 3 is 2.40 bits per heavy atom. The number of benzene rings is 1. The molecule has 6 nitrogen and oxygen atoms in total. The number of carbonyl (C=O) groups excluding carboxylic acids is 2. The summed E-state index contributed by atoms with van der Waals surface area (Å²) in [5.41, 5.74) is 0.373. The van der Waals surface area contributed by atoms with Gasteiger partial charge in [-0.2, -0.15) is 0 Å². The van der Waals surface area contributed by atoms with E-state index in [1.54, 1.807) is 24.0 Å². The maximum Gasteiger partial charge on any atom is 0.256 e. The van der Waals surface area contributed by atoms with E-state index in [2.05, 4.69) is 0 Å². The number of rotatable bonds is 2. The molecular weight excluding hydrogens is 320 g/mol. The third-order valence-corrected chi connectivity index (χ3v) is 5.48. The quantitative estimate of drug-likeness (QED) is 0.878. The van der Waals surface area contributed by atoms with Crippen LogP contribution in [0.15, 0.2) is 30.3 Å². The molecular formula is C19H26N2O4. The van der Waals surface area contributed by atoms with Crippen LogP contribution < -0.4 is 0 Å². The van der Waals surface area contributed by atoms with Gasteiger partial charge in [-0.25, -0.2) is 0 Å². The van der Waals surface area contributed by atoms with E-state index in [1.165, 1.54) is 0 Å². The first-order valence-electron chi connectivity index (χ1n) is 8.91. The second-order valence-electron chi connectivity index (χ2n) is 6.90. The summed E-state index contributed by atoms with van der Waals surface area (Å²) in [6.45, 7) is 4.38. The normalized spacial score (nSPS) is 21.7. The summed E-state index contributed by atoms with van der Waals surface area (Å²) in [6.07, 6.45) is 1.17. The minimum absolute atomic E-state index is 0.0415. The fourth-order valence-corrected chi connectivity index (χ4v) is 3.98. The summed E-state index contributed by atoms with van der Waals surface area (Å²) in [4.78, 5) is 28.5. The molecule has 2 fully saturated rings. The maximum absolute atomic E-state index is 12.7. The van der Waals surface area contributed by atoms with E-state index in [-0.39, 0.29) is 17.4 Å². The van der Waals surface area contributed by atoms with Crippen LogP contribution in [0.2, 0.25) is 0 Å². The summed E-state index contributed by atoms with van der Waals surface area (Å²) in [5.74, 6) is -0.251. The molecule has 1 spiro atoms. The fraction of sp³-hybridized carbons (Fsp3) is 0.579. The highest BCUT2D eigenvalue weighted by Gasteiger charge is 2.42. The molecule has 2 aliphatic rings. The first-order valence-corrected chi connectivity index (χ1v) is 8.91. The molecule has 1 atom stereocenters. The van der Waals surface area contributed by atoms with Crippen molar-refractivity contribution in [1.82, 2.24) is 9.80 Å². The van der Waals surface area contributed by atoms with E-state index in [9.17, 15) is 14.7 Å². The van der Waals surface area contributed by atoms with E-state index in [0.29, 0.717) is 38.4 Å². The summed E-state index contributed by atoms with van der Waals surface area (Å²) in [7, 11) is 0. The van der Waals surface area contributed by atoms with Gasteiger partial charge < -0.3 is 19.6 Å². The van der Waals surface area contributed by atoms with Crippen LogP contribution >= 0.6 is 0 Å². The van der Waals surface area contributed by atoms with Gasteiger partial charge in [-0.3, -0.25) is 9.59 Å². The smallest absolute Gasteiger partial charge is 0.256 e. The van der Waals surface area contributed by atoms with Crippen molar-refractivity contribution < 1.29 is 19.4 Å². The van der Waals surface area contributed by atoms with Crippen LogP contribution in [-0.2, 0) is 14.3 Å². The molecule has 0 radical (unpaired) electrons. The highest BCUT2D eigenvalue weighted by atomic mass is 16.5. The maximum atomic E-state index is 12.7. The highest BCUT2D eigenvalue weighted by molar-refractivity contribution is 5.82. The Balaban J connectivity index is 1.75. The number of aliphatic hydroxyl groups is 1. The van der Waals surface area contributed by atoms with Crippen LogP contribution in [0, 0.1) is 0 Å².